The summed E-state index contributed by atoms with van der Waals surface area (Å²) in [6.45, 7) is -1.80. The van der Waals surface area contributed by atoms with E-state index in [0.29, 0.717) is 0 Å². The second-order valence-corrected chi connectivity index (χ2v) is 9.90. The molecule has 160 valence electrons. The van der Waals surface area contributed by atoms with Crippen LogP contribution in [-0.2, 0) is 16.1 Å². The van der Waals surface area contributed by atoms with Gasteiger partial charge in [-0.15, -0.1) is 0 Å². The SMILES string of the molecule is OC(OCc1cc(I)cc(I)c1I)OC1CC(O)C(O)C(O)C(O)C(O)C1O. The molecule has 8 atom stereocenters. The van der Waals surface area contributed by atoms with Crippen LogP contribution in [0.4, 0.5) is 0 Å². The molecule has 7 N–H and O–H groups in total. The monoisotopic (exact) mass is 738 g/mol. The van der Waals surface area contributed by atoms with Gasteiger partial charge in [-0.1, -0.05) is 0 Å². The topological polar surface area (TPSA) is 160 Å². The Morgan fingerprint density at radius 2 is 1.46 bits per heavy atom. The zero-order valence-electron chi connectivity index (χ0n) is 14.3. The molecule has 1 saturated carbocycles. The number of aliphatic hydroxyl groups is 7. The van der Waals surface area contributed by atoms with Gasteiger partial charge >= 0.3 is 0 Å². The van der Waals surface area contributed by atoms with Gasteiger partial charge in [-0.2, -0.15) is 0 Å². The molecule has 0 aliphatic heterocycles. The zero-order chi connectivity index (χ0) is 21.2. The van der Waals surface area contributed by atoms with Crippen LogP contribution in [0.2, 0.25) is 0 Å². The number of hydrogen-bond donors (Lipinski definition) is 7. The molecule has 0 amide bonds. The van der Waals surface area contributed by atoms with E-state index in [0.717, 1.165) is 16.3 Å². The predicted molar refractivity (Wildman–Crippen MR) is 121 cm³/mol. The van der Waals surface area contributed by atoms with Crippen molar-refractivity contribution in [2.24, 2.45) is 0 Å². The Kier molecular flexibility index (Phi) is 10.0. The van der Waals surface area contributed by atoms with Gasteiger partial charge in [-0.25, -0.2) is 0 Å². The highest BCUT2D eigenvalue weighted by Crippen LogP contribution is 2.26. The third-order valence-electron chi connectivity index (χ3n) is 4.39. The summed E-state index contributed by atoms with van der Waals surface area (Å²) in [4.78, 5) is 0. The number of rotatable bonds is 5. The zero-order valence-corrected chi connectivity index (χ0v) is 20.7. The van der Waals surface area contributed by atoms with Crippen molar-refractivity contribution in [1.82, 2.24) is 0 Å². The summed E-state index contributed by atoms with van der Waals surface area (Å²) >= 11 is 6.48. The van der Waals surface area contributed by atoms with Crippen molar-refractivity contribution in [1.29, 1.82) is 0 Å². The van der Waals surface area contributed by atoms with E-state index in [9.17, 15) is 35.7 Å². The Labute approximate surface area is 202 Å². The van der Waals surface area contributed by atoms with Gasteiger partial charge in [0.25, 0.3) is 6.48 Å². The molecule has 2 rings (SSSR count). The molecular formula is C16H21I3O9. The van der Waals surface area contributed by atoms with E-state index >= 15 is 0 Å². The summed E-state index contributed by atoms with van der Waals surface area (Å²) in [5.74, 6) is 0. The van der Waals surface area contributed by atoms with Crippen molar-refractivity contribution in [2.75, 3.05) is 0 Å². The van der Waals surface area contributed by atoms with Crippen molar-refractivity contribution in [3.8, 4) is 0 Å². The molecule has 0 aromatic heterocycles. The van der Waals surface area contributed by atoms with Crippen LogP contribution in [-0.4, -0.2) is 84.9 Å². The average Bonchev–Trinajstić information content (AvgIpc) is 2.65. The standard InChI is InChI=1S/C16H21I3O9/c17-6-1-5(10(19)7(18)2-6)4-27-16(26)28-9-3-8(20)11(21)13(23)15(25)14(24)12(9)22/h1-2,8-9,11-16,20-26H,3-4H2. The van der Waals surface area contributed by atoms with E-state index in [4.69, 9.17) is 9.47 Å². The largest absolute Gasteiger partial charge is 0.390 e. The maximum Gasteiger partial charge on any atom is 0.269 e. The average molecular weight is 738 g/mol. The van der Waals surface area contributed by atoms with Crippen LogP contribution >= 0.6 is 67.8 Å². The van der Waals surface area contributed by atoms with Crippen LogP contribution in [0.25, 0.3) is 0 Å². The highest BCUT2D eigenvalue weighted by Gasteiger charge is 2.44. The van der Waals surface area contributed by atoms with Gasteiger partial charge < -0.3 is 45.2 Å². The molecule has 12 heteroatoms. The molecule has 0 saturated heterocycles. The number of ether oxygens (including phenoxy) is 2. The molecule has 0 spiro atoms. The van der Waals surface area contributed by atoms with Crippen molar-refractivity contribution in [2.45, 2.75) is 62.2 Å². The minimum atomic E-state index is -1.92. The van der Waals surface area contributed by atoms with Crippen molar-refractivity contribution < 1.29 is 45.2 Å². The minimum absolute atomic E-state index is 0.00414. The fraction of sp³-hybridized carbons (Fsp3) is 0.625. The van der Waals surface area contributed by atoms with E-state index < -0.39 is 55.6 Å². The van der Waals surface area contributed by atoms with Crippen LogP contribution < -0.4 is 0 Å². The summed E-state index contributed by atoms with van der Waals surface area (Å²) in [5.41, 5.74) is 0.812. The first-order chi connectivity index (χ1) is 13.0. The van der Waals surface area contributed by atoms with E-state index in [1.54, 1.807) is 0 Å². The van der Waals surface area contributed by atoms with Crippen LogP contribution in [0.5, 0.6) is 0 Å². The first-order valence-corrected chi connectivity index (χ1v) is 11.4. The van der Waals surface area contributed by atoms with Crippen molar-refractivity contribution >= 4 is 67.8 Å². The Hall–Kier alpha value is 1.05. The van der Waals surface area contributed by atoms with Gasteiger partial charge in [0, 0.05) is 17.1 Å². The normalized spacial score (nSPS) is 35.3. The maximum absolute atomic E-state index is 10.2. The number of aliphatic hydroxyl groups excluding tert-OH is 7. The van der Waals surface area contributed by atoms with Gasteiger partial charge in [0.05, 0.1) is 18.8 Å². The number of hydrogen-bond acceptors (Lipinski definition) is 9. The quantitative estimate of drug-likeness (QED) is 0.117. The molecule has 0 heterocycles. The first-order valence-electron chi connectivity index (χ1n) is 8.19. The van der Waals surface area contributed by atoms with Crippen molar-refractivity contribution in [3.63, 3.8) is 0 Å². The molecule has 1 aliphatic rings. The molecule has 0 bridgehead atoms. The minimum Gasteiger partial charge on any atom is -0.390 e. The summed E-state index contributed by atoms with van der Waals surface area (Å²) in [6, 6.07) is 3.86. The molecule has 28 heavy (non-hydrogen) atoms. The second-order valence-electron chi connectivity index (χ2n) is 6.41. The number of halogens is 3. The number of benzene rings is 1. The molecular weight excluding hydrogens is 717 g/mol. The third-order valence-corrected chi connectivity index (χ3v) is 8.17. The van der Waals surface area contributed by atoms with E-state index in [2.05, 4.69) is 67.8 Å². The van der Waals surface area contributed by atoms with Gasteiger partial charge in [0.15, 0.2) is 0 Å². The van der Waals surface area contributed by atoms with Gasteiger partial charge in [0.1, 0.15) is 30.5 Å². The smallest absolute Gasteiger partial charge is 0.269 e. The molecule has 1 aromatic carbocycles. The maximum atomic E-state index is 10.2. The van der Waals surface area contributed by atoms with Gasteiger partial charge in [-0.05, 0) is 85.5 Å². The second kappa shape index (κ2) is 11.1. The molecule has 1 fully saturated rings. The summed E-state index contributed by atoms with van der Waals surface area (Å²) in [5, 5.41) is 69.4. The lowest BCUT2D eigenvalue weighted by atomic mass is 9.87. The van der Waals surface area contributed by atoms with E-state index in [1.165, 1.54) is 0 Å². The Morgan fingerprint density at radius 3 is 2.11 bits per heavy atom. The highest BCUT2D eigenvalue weighted by molar-refractivity contribution is 14.1. The lowest BCUT2D eigenvalue weighted by Crippen LogP contribution is -2.59. The first kappa shape index (κ1) is 25.3. The van der Waals surface area contributed by atoms with Crippen LogP contribution in [0.1, 0.15) is 12.0 Å². The highest BCUT2D eigenvalue weighted by atomic mass is 127. The lowest BCUT2D eigenvalue weighted by Gasteiger charge is -2.38. The van der Waals surface area contributed by atoms with Crippen molar-refractivity contribution in [3.05, 3.63) is 28.4 Å². The fourth-order valence-corrected chi connectivity index (χ4v) is 5.20. The molecule has 8 unspecified atom stereocenters. The lowest BCUT2D eigenvalue weighted by molar-refractivity contribution is -0.311. The molecule has 9 nitrogen and oxygen atoms in total. The van der Waals surface area contributed by atoms with E-state index in [1.807, 2.05) is 12.1 Å². The van der Waals surface area contributed by atoms with Crippen LogP contribution in [0.15, 0.2) is 12.1 Å². The van der Waals surface area contributed by atoms with Crippen LogP contribution in [0, 0.1) is 10.7 Å². The predicted octanol–water partition coefficient (Wildman–Crippen LogP) is -0.753. The Morgan fingerprint density at radius 1 is 0.893 bits per heavy atom. The molecule has 1 aromatic rings. The Balaban J connectivity index is 2.04. The van der Waals surface area contributed by atoms with Gasteiger partial charge in [-0.3, -0.25) is 0 Å². The van der Waals surface area contributed by atoms with Gasteiger partial charge in [0.2, 0.25) is 0 Å². The Bertz CT molecular complexity index is 664. The van der Waals surface area contributed by atoms with Crippen LogP contribution in [0.3, 0.4) is 0 Å². The molecule has 1 aliphatic carbocycles. The fourth-order valence-electron chi connectivity index (χ4n) is 2.77. The molecule has 0 radical (unpaired) electrons. The summed E-state index contributed by atoms with van der Waals surface area (Å²) in [6.07, 6.45) is -12.5. The summed E-state index contributed by atoms with van der Waals surface area (Å²) in [7, 11) is 0. The van der Waals surface area contributed by atoms with E-state index in [-0.39, 0.29) is 6.61 Å². The summed E-state index contributed by atoms with van der Waals surface area (Å²) < 4.78 is 13.4. The third kappa shape index (κ3) is 6.28.